The van der Waals surface area contributed by atoms with Crippen molar-refractivity contribution in [2.24, 2.45) is 7.05 Å². The number of nitrogens with zero attached hydrogens (tertiary/aromatic N) is 5. The first-order valence-electron chi connectivity index (χ1n) is 10.6. The maximum absolute atomic E-state index is 13.2. The van der Waals surface area contributed by atoms with Crippen LogP contribution < -0.4 is 10.5 Å². The minimum absolute atomic E-state index is 0.123. The predicted octanol–water partition coefficient (Wildman–Crippen LogP) is 2.96. The second-order valence-electron chi connectivity index (χ2n) is 8.02. The van der Waals surface area contributed by atoms with Crippen molar-refractivity contribution in [3.05, 3.63) is 87.0 Å². The van der Waals surface area contributed by atoms with Crippen LogP contribution in [-0.4, -0.2) is 51.5 Å². The minimum atomic E-state index is -0.644. The van der Waals surface area contributed by atoms with E-state index in [0.29, 0.717) is 48.3 Å². The molecule has 1 aliphatic rings. The van der Waals surface area contributed by atoms with E-state index in [1.54, 1.807) is 41.6 Å². The second-order valence-corrected chi connectivity index (χ2v) is 8.02. The average Bonchev–Trinajstić information content (AvgIpc) is 2.85. The van der Waals surface area contributed by atoms with Crippen LogP contribution in [0, 0.1) is 10.1 Å². The number of carbonyl (C=O) groups excluding carboxylic acids is 1. The molecule has 0 bridgehead atoms. The first kappa shape index (κ1) is 20.6. The van der Waals surface area contributed by atoms with E-state index in [1.807, 2.05) is 29.2 Å². The first-order chi connectivity index (χ1) is 16.0. The molecule has 9 heteroatoms. The molecule has 0 radical (unpaired) electrons. The van der Waals surface area contributed by atoms with Crippen molar-refractivity contribution < 1.29 is 9.72 Å². The maximum Gasteiger partial charge on any atom is 0.357 e. The molecule has 33 heavy (non-hydrogen) atoms. The largest absolute Gasteiger partial charge is 0.362 e. The van der Waals surface area contributed by atoms with Crippen LogP contribution in [0.1, 0.15) is 10.4 Å². The summed E-state index contributed by atoms with van der Waals surface area (Å²) in [5, 5.41) is 14.2. The highest BCUT2D eigenvalue weighted by molar-refractivity contribution is 6.06. The lowest BCUT2D eigenvalue weighted by Gasteiger charge is -2.36. The Kier molecular flexibility index (Phi) is 5.01. The van der Waals surface area contributed by atoms with Crippen molar-refractivity contribution in [3.63, 3.8) is 0 Å². The van der Waals surface area contributed by atoms with Gasteiger partial charge in [-0.2, -0.15) is 0 Å². The van der Waals surface area contributed by atoms with E-state index in [4.69, 9.17) is 0 Å². The van der Waals surface area contributed by atoms with Crippen molar-refractivity contribution in [3.8, 4) is 0 Å². The molecular formula is C24H21N5O4. The lowest BCUT2D eigenvalue weighted by atomic mass is 10.1. The molecule has 0 spiro atoms. The quantitative estimate of drug-likeness (QED) is 0.356. The molecular weight excluding hydrogens is 422 g/mol. The topological polar surface area (TPSA) is 102 Å². The number of hydrogen-bond acceptors (Lipinski definition) is 6. The van der Waals surface area contributed by atoms with Gasteiger partial charge in [-0.3, -0.25) is 24.7 Å². The van der Waals surface area contributed by atoms with Crippen LogP contribution in [0.15, 0.2) is 65.7 Å². The van der Waals surface area contributed by atoms with Crippen LogP contribution in [0.25, 0.3) is 21.7 Å². The third-order valence-corrected chi connectivity index (χ3v) is 6.22. The molecule has 2 aromatic heterocycles. The monoisotopic (exact) mass is 443 g/mol. The van der Waals surface area contributed by atoms with Crippen molar-refractivity contribution >= 4 is 39.0 Å². The van der Waals surface area contributed by atoms with Crippen molar-refractivity contribution in [1.29, 1.82) is 0 Å². The van der Waals surface area contributed by atoms with E-state index in [9.17, 15) is 19.7 Å². The molecule has 1 aliphatic heterocycles. The van der Waals surface area contributed by atoms with E-state index >= 15 is 0 Å². The Labute approximate surface area is 188 Å². The fourth-order valence-electron chi connectivity index (χ4n) is 4.54. The molecule has 0 N–H and O–H groups in total. The second kappa shape index (κ2) is 8.01. The Morgan fingerprint density at radius 2 is 1.64 bits per heavy atom. The van der Waals surface area contributed by atoms with E-state index in [2.05, 4.69) is 4.98 Å². The number of benzene rings is 2. The van der Waals surface area contributed by atoms with Crippen LogP contribution in [0.2, 0.25) is 0 Å². The number of amides is 1. The van der Waals surface area contributed by atoms with Gasteiger partial charge in [0.15, 0.2) is 0 Å². The van der Waals surface area contributed by atoms with Crippen LogP contribution in [-0.2, 0) is 7.05 Å². The van der Waals surface area contributed by atoms with Gasteiger partial charge in [-0.25, -0.2) is 0 Å². The summed E-state index contributed by atoms with van der Waals surface area (Å²) in [4.78, 5) is 45.1. The zero-order valence-corrected chi connectivity index (χ0v) is 18.0. The zero-order chi connectivity index (χ0) is 23.1. The molecule has 9 nitrogen and oxygen atoms in total. The smallest absolute Gasteiger partial charge is 0.357 e. The Balaban J connectivity index is 1.48. The molecule has 0 unspecified atom stereocenters. The normalized spacial score (nSPS) is 14.1. The zero-order valence-electron chi connectivity index (χ0n) is 18.0. The van der Waals surface area contributed by atoms with Gasteiger partial charge in [0.25, 0.3) is 5.91 Å². The summed E-state index contributed by atoms with van der Waals surface area (Å²) in [5.74, 6) is -0.123. The van der Waals surface area contributed by atoms with Gasteiger partial charge in [-0.05, 0) is 11.5 Å². The predicted molar refractivity (Wildman–Crippen MR) is 126 cm³/mol. The fraction of sp³-hybridized carbons (Fsp3) is 0.208. The molecule has 1 amide bonds. The molecule has 1 saturated heterocycles. The lowest BCUT2D eigenvalue weighted by molar-refractivity contribution is -0.385. The van der Waals surface area contributed by atoms with Gasteiger partial charge in [0.2, 0.25) is 0 Å². The summed E-state index contributed by atoms with van der Waals surface area (Å²) < 4.78 is 1.31. The van der Waals surface area contributed by atoms with E-state index in [1.165, 1.54) is 11.6 Å². The van der Waals surface area contributed by atoms with Gasteiger partial charge in [-0.15, -0.1) is 0 Å². The maximum atomic E-state index is 13.2. The number of aromatic nitrogens is 2. The molecule has 4 aromatic rings. The number of para-hydroxylation sites is 1. The number of pyridine rings is 2. The van der Waals surface area contributed by atoms with E-state index in [-0.39, 0.29) is 5.91 Å². The Morgan fingerprint density at radius 3 is 2.36 bits per heavy atom. The molecule has 3 heterocycles. The molecule has 0 aliphatic carbocycles. The fourth-order valence-corrected chi connectivity index (χ4v) is 4.54. The number of rotatable bonds is 3. The summed E-state index contributed by atoms with van der Waals surface area (Å²) in [7, 11) is 1.54. The highest BCUT2D eigenvalue weighted by Crippen LogP contribution is 2.34. The number of aryl methyl sites for hydroxylation is 1. The van der Waals surface area contributed by atoms with Crippen molar-refractivity contribution in [2.75, 3.05) is 31.1 Å². The molecule has 2 aromatic carbocycles. The Bertz CT molecular complexity index is 1470. The Morgan fingerprint density at radius 1 is 0.970 bits per heavy atom. The standard InChI is InChI=1S/C24H21N5O4/c1-26-20-9-5-4-8-18(20)21(22(24(26)31)29(32)33)27-10-12-28(13-11-27)23(30)19-15-25-14-16-6-2-3-7-17(16)19/h2-9,14-15H,10-13H2,1H3. The van der Waals surface area contributed by atoms with Crippen LogP contribution in [0.3, 0.4) is 0 Å². The minimum Gasteiger partial charge on any atom is -0.362 e. The summed E-state index contributed by atoms with van der Waals surface area (Å²) in [5.41, 5.74) is 0.399. The summed E-state index contributed by atoms with van der Waals surface area (Å²) >= 11 is 0. The number of nitro groups is 1. The van der Waals surface area contributed by atoms with Crippen LogP contribution in [0.5, 0.6) is 0 Å². The number of fused-ring (bicyclic) bond motifs is 2. The van der Waals surface area contributed by atoms with Crippen LogP contribution in [0.4, 0.5) is 11.4 Å². The van der Waals surface area contributed by atoms with Gasteiger partial charge in [0.1, 0.15) is 5.69 Å². The third kappa shape index (κ3) is 3.38. The van der Waals surface area contributed by atoms with Gasteiger partial charge in [0, 0.05) is 56.4 Å². The summed E-state index contributed by atoms with van der Waals surface area (Å²) in [6.07, 6.45) is 3.31. The average molecular weight is 443 g/mol. The van der Waals surface area contributed by atoms with E-state index < -0.39 is 16.2 Å². The summed E-state index contributed by atoms with van der Waals surface area (Å²) in [6.45, 7) is 1.51. The first-order valence-corrected chi connectivity index (χ1v) is 10.6. The SMILES string of the molecule is Cn1c(=O)c([N+](=O)[O-])c(N2CCN(C(=O)c3cncc4ccccc34)CC2)c2ccccc21. The number of carbonyl (C=O) groups is 1. The van der Waals surface area contributed by atoms with Gasteiger partial charge in [0.05, 0.1) is 16.0 Å². The van der Waals surface area contributed by atoms with Crippen molar-refractivity contribution in [2.45, 2.75) is 0 Å². The molecule has 166 valence electrons. The van der Waals surface area contributed by atoms with Gasteiger partial charge in [-0.1, -0.05) is 42.5 Å². The highest BCUT2D eigenvalue weighted by atomic mass is 16.6. The van der Waals surface area contributed by atoms with Gasteiger partial charge < -0.3 is 14.4 Å². The van der Waals surface area contributed by atoms with Gasteiger partial charge >= 0.3 is 11.2 Å². The van der Waals surface area contributed by atoms with Crippen LogP contribution >= 0.6 is 0 Å². The number of anilines is 1. The molecule has 1 fully saturated rings. The summed E-state index contributed by atoms with van der Waals surface area (Å²) in [6, 6.07) is 14.8. The molecule has 5 rings (SSSR count). The molecule has 0 atom stereocenters. The van der Waals surface area contributed by atoms with E-state index in [0.717, 1.165) is 10.8 Å². The third-order valence-electron chi connectivity index (χ3n) is 6.22. The number of piperazine rings is 1. The lowest BCUT2D eigenvalue weighted by Crippen LogP contribution is -2.49. The Hall–Kier alpha value is -4.27. The number of hydrogen-bond donors (Lipinski definition) is 0. The van der Waals surface area contributed by atoms with Crippen molar-refractivity contribution in [1.82, 2.24) is 14.5 Å². The highest BCUT2D eigenvalue weighted by Gasteiger charge is 2.32. The molecule has 0 saturated carbocycles.